The summed E-state index contributed by atoms with van der Waals surface area (Å²) in [7, 11) is 0. The van der Waals surface area contributed by atoms with Crippen LogP contribution in [0.2, 0.25) is 0 Å². The van der Waals surface area contributed by atoms with Crippen molar-refractivity contribution in [3.63, 3.8) is 0 Å². The first-order valence-electron chi connectivity index (χ1n) is 6.30. The summed E-state index contributed by atoms with van der Waals surface area (Å²) in [4.78, 5) is 0. The van der Waals surface area contributed by atoms with Gasteiger partial charge in [-0.25, -0.2) is 4.39 Å². The number of benzene rings is 2. The van der Waals surface area contributed by atoms with Crippen molar-refractivity contribution in [2.45, 2.75) is 26.4 Å². The molecule has 100 valence electrons. The van der Waals surface area contributed by atoms with Gasteiger partial charge in [0.2, 0.25) is 0 Å². The Morgan fingerprint density at radius 3 is 2.74 bits per heavy atom. The zero-order chi connectivity index (χ0) is 13.8. The summed E-state index contributed by atoms with van der Waals surface area (Å²) in [6.45, 7) is 4.83. The molecule has 0 bridgehead atoms. The van der Waals surface area contributed by atoms with Crippen LogP contribution in [-0.4, -0.2) is 0 Å². The molecule has 0 saturated heterocycles. The molecule has 0 unspecified atom stereocenters. The lowest BCUT2D eigenvalue weighted by atomic mass is 10.1. The highest BCUT2D eigenvalue weighted by Gasteiger charge is 2.07. The van der Waals surface area contributed by atoms with Gasteiger partial charge in [-0.15, -0.1) is 0 Å². The highest BCUT2D eigenvalue weighted by Crippen LogP contribution is 2.20. The molecule has 1 atom stereocenters. The summed E-state index contributed by atoms with van der Waals surface area (Å²) in [5.41, 5.74) is 3.42. The monoisotopic (exact) mass is 321 g/mol. The van der Waals surface area contributed by atoms with Crippen LogP contribution in [0.4, 0.5) is 4.39 Å². The zero-order valence-electron chi connectivity index (χ0n) is 11.1. The molecule has 0 saturated carbocycles. The van der Waals surface area contributed by atoms with Gasteiger partial charge in [-0.1, -0.05) is 45.8 Å². The Morgan fingerprint density at radius 1 is 1.21 bits per heavy atom. The Kier molecular flexibility index (Phi) is 4.72. The highest BCUT2D eigenvalue weighted by atomic mass is 79.9. The SMILES string of the molecule is Cc1cccc([C@@H](C)NCc2cc(F)ccc2Br)c1. The predicted molar refractivity (Wildman–Crippen MR) is 80.5 cm³/mol. The third-order valence-corrected chi connectivity index (χ3v) is 3.92. The van der Waals surface area contributed by atoms with Crippen molar-refractivity contribution < 1.29 is 4.39 Å². The molecule has 0 amide bonds. The van der Waals surface area contributed by atoms with Crippen LogP contribution in [0, 0.1) is 12.7 Å². The quantitative estimate of drug-likeness (QED) is 0.857. The van der Waals surface area contributed by atoms with Crippen molar-refractivity contribution in [2.24, 2.45) is 0 Å². The van der Waals surface area contributed by atoms with E-state index in [0.29, 0.717) is 6.54 Å². The van der Waals surface area contributed by atoms with Gasteiger partial charge in [0.15, 0.2) is 0 Å². The van der Waals surface area contributed by atoms with E-state index in [1.165, 1.54) is 17.2 Å². The molecule has 1 N–H and O–H groups in total. The number of nitrogens with one attached hydrogen (secondary N) is 1. The molecule has 1 nitrogen and oxygen atoms in total. The second kappa shape index (κ2) is 6.31. The smallest absolute Gasteiger partial charge is 0.123 e. The number of hydrogen-bond donors (Lipinski definition) is 1. The van der Waals surface area contributed by atoms with E-state index in [-0.39, 0.29) is 11.9 Å². The average molecular weight is 322 g/mol. The van der Waals surface area contributed by atoms with Crippen molar-refractivity contribution in [3.05, 3.63) is 69.4 Å². The van der Waals surface area contributed by atoms with E-state index < -0.39 is 0 Å². The van der Waals surface area contributed by atoms with Crippen LogP contribution in [-0.2, 0) is 6.54 Å². The molecule has 0 aliphatic rings. The van der Waals surface area contributed by atoms with Gasteiger partial charge in [-0.2, -0.15) is 0 Å². The lowest BCUT2D eigenvalue weighted by Gasteiger charge is -2.15. The maximum atomic E-state index is 13.2. The molecule has 2 aromatic rings. The Morgan fingerprint density at radius 2 is 2.00 bits per heavy atom. The Labute approximate surface area is 122 Å². The van der Waals surface area contributed by atoms with Crippen LogP contribution in [0.3, 0.4) is 0 Å². The fraction of sp³-hybridized carbons (Fsp3) is 0.250. The topological polar surface area (TPSA) is 12.0 Å². The maximum Gasteiger partial charge on any atom is 0.123 e. The van der Waals surface area contributed by atoms with Crippen LogP contribution >= 0.6 is 15.9 Å². The standard InChI is InChI=1S/C16H17BrFN/c1-11-4-3-5-13(8-11)12(2)19-10-14-9-15(18)6-7-16(14)17/h3-9,12,19H,10H2,1-2H3/t12-/m1/s1. The van der Waals surface area contributed by atoms with E-state index in [4.69, 9.17) is 0 Å². The predicted octanol–water partition coefficient (Wildman–Crippen LogP) is 4.75. The third-order valence-electron chi connectivity index (χ3n) is 3.15. The van der Waals surface area contributed by atoms with E-state index >= 15 is 0 Å². The van der Waals surface area contributed by atoms with Gasteiger partial charge in [0.25, 0.3) is 0 Å². The van der Waals surface area contributed by atoms with Gasteiger partial charge in [0, 0.05) is 17.1 Å². The van der Waals surface area contributed by atoms with Gasteiger partial charge in [0.05, 0.1) is 0 Å². The number of aryl methyl sites for hydroxylation is 1. The van der Waals surface area contributed by atoms with Crippen molar-refractivity contribution in [3.8, 4) is 0 Å². The minimum atomic E-state index is -0.205. The molecule has 0 spiro atoms. The van der Waals surface area contributed by atoms with Crippen molar-refractivity contribution in [2.75, 3.05) is 0 Å². The highest BCUT2D eigenvalue weighted by molar-refractivity contribution is 9.10. The molecule has 0 aromatic heterocycles. The van der Waals surface area contributed by atoms with E-state index in [9.17, 15) is 4.39 Å². The average Bonchev–Trinajstić information content (AvgIpc) is 2.39. The summed E-state index contributed by atoms with van der Waals surface area (Å²) >= 11 is 3.44. The molecule has 3 heteroatoms. The third kappa shape index (κ3) is 3.88. The molecule has 0 radical (unpaired) electrons. The second-order valence-electron chi connectivity index (χ2n) is 4.75. The molecule has 0 aliphatic heterocycles. The lowest BCUT2D eigenvalue weighted by Crippen LogP contribution is -2.18. The minimum Gasteiger partial charge on any atom is -0.306 e. The minimum absolute atomic E-state index is 0.205. The summed E-state index contributed by atoms with van der Waals surface area (Å²) < 4.78 is 14.1. The second-order valence-corrected chi connectivity index (χ2v) is 5.61. The summed E-state index contributed by atoms with van der Waals surface area (Å²) in [5.74, 6) is -0.205. The summed E-state index contributed by atoms with van der Waals surface area (Å²) in [6, 6.07) is 13.4. The number of rotatable bonds is 4. The van der Waals surface area contributed by atoms with E-state index in [1.807, 2.05) is 0 Å². The molecular formula is C16H17BrFN. The van der Waals surface area contributed by atoms with Crippen LogP contribution in [0.1, 0.15) is 29.7 Å². The summed E-state index contributed by atoms with van der Waals surface area (Å²) in [5, 5.41) is 3.41. The van der Waals surface area contributed by atoms with Crippen LogP contribution in [0.25, 0.3) is 0 Å². The first kappa shape index (κ1) is 14.2. The number of halogens is 2. The largest absolute Gasteiger partial charge is 0.306 e. The van der Waals surface area contributed by atoms with Crippen molar-refractivity contribution >= 4 is 15.9 Å². The first-order chi connectivity index (χ1) is 9.06. The summed E-state index contributed by atoms with van der Waals surface area (Å²) in [6.07, 6.45) is 0. The molecular weight excluding hydrogens is 305 g/mol. The van der Waals surface area contributed by atoms with Gasteiger partial charge in [0.1, 0.15) is 5.82 Å². The van der Waals surface area contributed by atoms with E-state index in [1.54, 1.807) is 12.1 Å². The van der Waals surface area contributed by atoms with Crippen LogP contribution in [0.15, 0.2) is 46.9 Å². The molecule has 0 fully saturated rings. The fourth-order valence-corrected chi connectivity index (χ4v) is 2.39. The lowest BCUT2D eigenvalue weighted by molar-refractivity contribution is 0.568. The van der Waals surface area contributed by atoms with Gasteiger partial charge in [-0.3, -0.25) is 0 Å². The molecule has 0 aliphatic carbocycles. The molecule has 2 rings (SSSR count). The van der Waals surface area contributed by atoms with E-state index in [2.05, 4.69) is 59.4 Å². The normalized spacial score (nSPS) is 12.4. The van der Waals surface area contributed by atoms with Crippen molar-refractivity contribution in [1.82, 2.24) is 5.32 Å². The Balaban J connectivity index is 2.04. The van der Waals surface area contributed by atoms with E-state index in [0.717, 1.165) is 10.0 Å². The van der Waals surface area contributed by atoms with Gasteiger partial charge >= 0.3 is 0 Å². The number of hydrogen-bond acceptors (Lipinski definition) is 1. The molecule has 0 heterocycles. The van der Waals surface area contributed by atoms with Crippen molar-refractivity contribution in [1.29, 1.82) is 0 Å². The van der Waals surface area contributed by atoms with Crippen LogP contribution < -0.4 is 5.32 Å². The zero-order valence-corrected chi connectivity index (χ0v) is 12.7. The molecule has 2 aromatic carbocycles. The van der Waals surface area contributed by atoms with Crippen LogP contribution in [0.5, 0.6) is 0 Å². The van der Waals surface area contributed by atoms with Gasteiger partial charge < -0.3 is 5.32 Å². The Hall–Kier alpha value is -1.19. The molecule has 19 heavy (non-hydrogen) atoms. The maximum absolute atomic E-state index is 13.2. The fourth-order valence-electron chi connectivity index (χ4n) is 2.00. The Bertz CT molecular complexity index is 568. The van der Waals surface area contributed by atoms with Gasteiger partial charge in [-0.05, 0) is 43.2 Å². The first-order valence-corrected chi connectivity index (χ1v) is 7.09.